The molecule has 0 aliphatic carbocycles. The number of amides is 1. The van der Waals surface area contributed by atoms with Crippen molar-refractivity contribution in [3.8, 4) is 0 Å². The van der Waals surface area contributed by atoms with Gasteiger partial charge in [0.15, 0.2) is 6.10 Å². The zero-order chi connectivity index (χ0) is 14.5. The van der Waals surface area contributed by atoms with Gasteiger partial charge in [0.2, 0.25) is 0 Å². The summed E-state index contributed by atoms with van der Waals surface area (Å²) in [4.78, 5) is 16.2. The van der Waals surface area contributed by atoms with Crippen LogP contribution in [0.3, 0.4) is 0 Å². The van der Waals surface area contributed by atoms with Crippen molar-refractivity contribution in [2.75, 3.05) is 36.9 Å². The summed E-state index contributed by atoms with van der Waals surface area (Å²) in [5.41, 5.74) is 2.63. The van der Waals surface area contributed by atoms with Crippen LogP contribution < -0.4 is 10.2 Å². The van der Waals surface area contributed by atoms with E-state index in [4.69, 9.17) is 0 Å². The van der Waals surface area contributed by atoms with Gasteiger partial charge in [-0.3, -0.25) is 9.69 Å². The third-order valence-corrected chi connectivity index (χ3v) is 4.52. The van der Waals surface area contributed by atoms with Crippen LogP contribution in [0.2, 0.25) is 0 Å². The number of nitrogens with zero attached hydrogens (tertiary/aromatic N) is 2. The standard InChI is InChI=1S/C15H21N3O2/c1-15(2)9-18(7-6-17(15)3)10-4-5-11-12(8-10)16-14(20)13(11)19/h4-5,8,13,19H,6-7,9H2,1-3H3,(H,16,20). The molecule has 20 heavy (non-hydrogen) atoms. The molecule has 1 saturated heterocycles. The minimum absolute atomic E-state index is 0.125. The smallest absolute Gasteiger partial charge is 0.257 e. The highest BCUT2D eigenvalue weighted by Crippen LogP contribution is 2.35. The number of likely N-dealkylation sites (N-methyl/N-ethyl adjacent to an activating group) is 1. The molecule has 0 saturated carbocycles. The number of carbonyl (C=O) groups excluding carboxylic acids is 1. The molecule has 1 unspecified atom stereocenters. The number of benzene rings is 1. The van der Waals surface area contributed by atoms with E-state index in [0.717, 1.165) is 31.0 Å². The zero-order valence-electron chi connectivity index (χ0n) is 12.2. The number of hydrogen-bond donors (Lipinski definition) is 2. The summed E-state index contributed by atoms with van der Waals surface area (Å²) in [7, 11) is 2.15. The molecule has 1 aromatic rings. The molecule has 0 radical (unpaired) electrons. The second kappa shape index (κ2) is 4.46. The van der Waals surface area contributed by atoms with Crippen molar-refractivity contribution >= 4 is 17.3 Å². The Hall–Kier alpha value is -1.59. The lowest BCUT2D eigenvalue weighted by molar-refractivity contribution is -0.123. The van der Waals surface area contributed by atoms with Crippen LogP contribution in [0.25, 0.3) is 0 Å². The molecular weight excluding hydrogens is 254 g/mol. The van der Waals surface area contributed by atoms with Crippen LogP contribution in [-0.2, 0) is 4.79 Å². The van der Waals surface area contributed by atoms with E-state index in [1.807, 2.05) is 18.2 Å². The van der Waals surface area contributed by atoms with Crippen molar-refractivity contribution in [2.45, 2.75) is 25.5 Å². The lowest BCUT2D eigenvalue weighted by Gasteiger charge is -2.46. The first-order valence-corrected chi connectivity index (χ1v) is 6.97. The molecule has 1 aromatic carbocycles. The molecule has 1 atom stereocenters. The number of carbonyl (C=O) groups is 1. The Morgan fingerprint density at radius 1 is 1.35 bits per heavy atom. The first kappa shape index (κ1) is 13.4. The Bertz CT molecular complexity index is 556. The first-order chi connectivity index (χ1) is 9.38. The molecule has 5 nitrogen and oxygen atoms in total. The number of rotatable bonds is 1. The minimum atomic E-state index is -1.03. The highest BCUT2D eigenvalue weighted by Gasteiger charge is 2.33. The molecule has 108 valence electrons. The van der Waals surface area contributed by atoms with Crippen LogP contribution in [-0.4, -0.2) is 48.1 Å². The van der Waals surface area contributed by atoms with Crippen molar-refractivity contribution in [1.29, 1.82) is 0 Å². The molecule has 0 aromatic heterocycles. The largest absolute Gasteiger partial charge is 0.378 e. The number of nitrogens with one attached hydrogen (secondary N) is 1. The van der Waals surface area contributed by atoms with E-state index in [1.54, 1.807) is 0 Å². The maximum absolute atomic E-state index is 11.5. The summed E-state index contributed by atoms with van der Waals surface area (Å²) < 4.78 is 0. The molecule has 2 heterocycles. The number of piperazine rings is 1. The second-order valence-electron chi connectivity index (χ2n) is 6.32. The summed E-state index contributed by atoms with van der Waals surface area (Å²) in [6, 6.07) is 5.80. The zero-order valence-corrected chi connectivity index (χ0v) is 12.2. The fourth-order valence-corrected chi connectivity index (χ4v) is 2.89. The normalized spacial score (nSPS) is 25.5. The molecule has 2 aliphatic heterocycles. The van der Waals surface area contributed by atoms with E-state index < -0.39 is 6.10 Å². The molecule has 1 fully saturated rings. The highest BCUT2D eigenvalue weighted by molar-refractivity contribution is 6.02. The molecule has 1 amide bonds. The van der Waals surface area contributed by atoms with Crippen LogP contribution in [0.15, 0.2) is 18.2 Å². The van der Waals surface area contributed by atoms with Crippen molar-refractivity contribution in [3.05, 3.63) is 23.8 Å². The van der Waals surface area contributed by atoms with E-state index in [9.17, 15) is 9.90 Å². The molecular formula is C15H21N3O2. The minimum Gasteiger partial charge on any atom is -0.378 e. The summed E-state index contributed by atoms with van der Waals surface area (Å²) in [6.45, 7) is 7.39. The van der Waals surface area contributed by atoms with E-state index in [1.165, 1.54) is 0 Å². The molecule has 5 heteroatoms. The molecule has 2 aliphatic rings. The van der Waals surface area contributed by atoms with Crippen LogP contribution in [0.1, 0.15) is 25.5 Å². The topological polar surface area (TPSA) is 55.8 Å². The summed E-state index contributed by atoms with van der Waals surface area (Å²) in [6.07, 6.45) is -1.03. The highest BCUT2D eigenvalue weighted by atomic mass is 16.3. The van der Waals surface area contributed by atoms with Gasteiger partial charge in [-0.1, -0.05) is 6.07 Å². The molecule has 2 N–H and O–H groups in total. The van der Waals surface area contributed by atoms with Crippen LogP contribution in [0.4, 0.5) is 11.4 Å². The molecule has 3 rings (SSSR count). The van der Waals surface area contributed by atoms with Gasteiger partial charge in [0.1, 0.15) is 0 Å². The first-order valence-electron chi connectivity index (χ1n) is 6.97. The van der Waals surface area contributed by atoms with E-state index >= 15 is 0 Å². The average molecular weight is 275 g/mol. The number of fused-ring (bicyclic) bond motifs is 1. The van der Waals surface area contributed by atoms with Crippen molar-refractivity contribution in [3.63, 3.8) is 0 Å². The predicted octanol–water partition coefficient (Wildman–Crippen LogP) is 1.20. The molecule has 0 bridgehead atoms. The van der Waals surface area contributed by atoms with Crippen molar-refractivity contribution in [2.24, 2.45) is 0 Å². The van der Waals surface area contributed by atoms with E-state index in [2.05, 4.69) is 36.0 Å². The van der Waals surface area contributed by atoms with Gasteiger partial charge in [-0.2, -0.15) is 0 Å². The predicted molar refractivity (Wildman–Crippen MR) is 79.0 cm³/mol. The monoisotopic (exact) mass is 275 g/mol. The van der Waals surface area contributed by atoms with Gasteiger partial charge in [-0.05, 0) is 33.0 Å². The Labute approximate surface area is 119 Å². The Balaban J connectivity index is 1.86. The van der Waals surface area contributed by atoms with Gasteiger partial charge in [-0.15, -0.1) is 0 Å². The van der Waals surface area contributed by atoms with Gasteiger partial charge in [0, 0.05) is 42.1 Å². The number of anilines is 2. The summed E-state index contributed by atoms with van der Waals surface area (Å²) in [5, 5.41) is 12.5. The number of hydrogen-bond acceptors (Lipinski definition) is 4. The van der Waals surface area contributed by atoms with E-state index in [-0.39, 0.29) is 11.4 Å². The van der Waals surface area contributed by atoms with Gasteiger partial charge >= 0.3 is 0 Å². The quantitative estimate of drug-likeness (QED) is 0.809. The van der Waals surface area contributed by atoms with Crippen LogP contribution >= 0.6 is 0 Å². The third-order valence-electron chi connectivity index (χ3n) is 4.52. The van der Waals surface area contributed by atoms with Gasteiger partial charge < -0.3 is 15.3 Å². The van der Waals surface area contributed by atoms with Crippen molar-refractivity contribution < 1.29 is 9.90 Å². The number of aliphatic hydroxyl groups excluding tert-OH is 1. The number of aliphatic hydroxyl groups is 1. The Morgan fingerprint density at radius 2 is 2.10 bits per heavy atom. The Morgan fingerprint density at radius 3 is 2.80 bits per heavy atom. The summed E-state index contributed by atoms with van der Waals surface area (Å²) in [5.74, 6) is -0.337. The lowest BCUT2D eigenvalue weighted by Crippen LogP contribution is -2.57. The lowest BCUT2D eigenvalue weighted by atomic mass is 9.99. The maximum Gasteiger partial charge on any atom is 0.257 e. The second-order valence-corrected chi connectivity index (χ2v) is 6.32. The van der Waals surface area contributed by atoms with Gasteiger partial charge in [-0.25, -0.2) is 0 Å². The average Bonchev–Trinajstić information content (AvgIpc) is 2.68. The van der Waals surface area contributed by atoms with Crippen LogP contribution in [0.5, 0.6) is 0 Å². The SMILES string of the molecule is CN1CCN(c2ccc3c(c2)NC(=O)C3O)CC1(C)C. The third kappa shape index (κ3) is 2.07. The van der Waals surface area contributed by atoms with Crippen LogP contribution in [0, 0.1) is 0 Å². The molecule has 0 spiro atoms. The fourth-order valence-electron chi connectivity index (χ4n) is 2.89. The van der Waals surface area contributed by atoms with E-state index in [0.29, 0.717) is 5.56 Å². The van der Waals surface area contributed by atoms with Gasteiger partial charge in [0.05, 0.1) is 0 Å². The van der Waals surface area contributed by atoms with Crippen molar-refractivity contribution in [1.82, 2.24) is 4.90 Å². The fraction of sp³-hybridized carbons (Fsp3) is 0.533. The maximum atomic E-state index is 11.5. The Kier molecular flexibility index (Phi) is 2.99. The van der Waals surface area contributed by atoms with Gasteiger partial charge in [0.25, 0.3) is 5.91 Å². The summed E-state index contributed by atoms with van der Waals surface area (Å²) >= 11 is 0.